The van der Waals surface area contributed by atoms with Crippen LogP contribution in [0.15, 0.2) is 12.4 Å². The van der Waals surface area contributed by atoms with Crippen LogP contribution in [0.3, 0.4) is 0 Å². The zero-order chi connectivity index (χ0) is 14.2. The predicted molar refractivity (Wildman–Crippen MR) is 68.9 cm³/mol. The van der Waals surface area contributed by atoms with E-state index in [9.17, 15) is 9.59 Å². The van der Waals surface area contributed by atoms with Crippen molar-refractivity contribution in [3.63, 3.8) is 0 Å². The third kappa shape index (κ3) is 2.77. The Hall–Kier alpha value is -1.85. The second-order valence-electron chi connectivity index (χ2n) is 5.26. The SMILES string of the molecule is CC(C(=O)O)N(C(=O)c1cnn(C(C)C)c1)C1CC1. The molecule has 0 saturated heterocycles. The molecule has 0 bridgehead atoms. The Morgan fingerprint density at radius 1 is 1.42 bits per heavy atom. The number of carbonyl (C=O) groups excluding carboxylic acids is 1. The minimum absolute atomic E-state index is 0.0565. The molecule has 0 radical (unpaired) electrons. The molecule has 1 aliphatic rings. The molecule has 0 aromatic carbocycles. The van der Waals surface area contributed by atoms with E-state index in [1.165, 1.54) is 11.1 Å². The molecule has 1 unspecified atom stereocenters. The molecule has 1 fully saturated rings. The van der Waals surface area contributed by atoms with Gasteiger partial charge in [-0.2, -0.15) is 5.10 Å². The fourth-order valence-electron chi connectivity index (χ4n) is 2.01. The molecule has 1 atom stereocenters. The van der Waals surface area contributed by atoms with E-state index in [2.05, 4.69) is 5.10 Å². The topological polar surface area (TPSA) is 75.4 Å². The van der Waals surface area contributed by atoms with Gasteiger partial charge >= 0.3 is 5.97 Å². The largest absolute Gasteiger partial charge is 0.480 e. The van der Waals surface area contributed by atoms with Crippen molar-refractivity contribution in [3.8, 4) is 0 Å². The maximum absolute atomic E-state index is 12.4. The fourth-order valence-corrected chi connectivity index (χ4v) is 2.01. The van der Waals surface area contributed by atoms with Crippen molar-refractivity contribution in [2.24, 2.45) is 0 Å². The normalized spacial score (nSPS) is 16.4. The van der Waals surface area contributed by atoms with Crippen LogP contribution in [0.25, 0.3) is 0 Å². The third-order valence-corrected chi connectivity index (χ3v) is 3.33. The number of carboxylic acids is 1. The molecule has 104 valence electrons. The molecule has 2 rings (SSSR count). The van der Waals surface area contributed by atoms with Gasteiger partial charge in [-0.1, -0.05) is 0 Å². The highest BCUT2D eigenvalue weighted by Crippen LogP contribution is 2.30. The van der Waals surface area contributed by atoms with Crippen molar-refractivity contribution < 1.29 is 14.7 Å². The first-order valence-electron chi connectivity index (χ1n) is 6.51. The van der Waals surface area contributed by atoms with Gasteiger partial charge in [-0.25, -0.2) is 4.79 Å². The molecule has 1 aliphatic carbocycles. The zero-order valence-corrected chi connectivity index (χ0v) is 11.4. The fraction of sp³-hybridized carbons (Fsp3) is 0.615. The number of amides is 1. The number of carbonyl (C=O) groups is 2. The van der Waals surface area contributed by atoms with E-state index in [1.807, 2.05) is 13.8 Å². The van der Waals surface area contributed by atoms with E-state index in [1.54, 1.807) is 17.8 Å². The molecule has 1 amide bonds. The Morgan fingerprint density at radius 2 is 2.05 bits per heavy atom. The zero-order valence-electron chi connectivity index (χ0n) is 11.4. The summed E-state index contributed by atoms with van der Waals surface area (Å²) in [6, 6.07) is -0.573. The van der Waals surface area contributed by atoms with E-state index in [0.29, 0.717) is 5.56 Å². The number of nitrogens with zero attached hydrogens (tertiary/aromatic N) is 3. The molecule has 1 aromatic rings. The molecule has 1 heterocycles. The number of hydrogen-bond donors (Lipinski definition) is 1. The van der Waals surface area contributed by atoms with Gasteiger partial charge in [-0.15, -0.1) is 0 Å². The molecular formula is C13H19N3O3. The number of aromatic nitrogens is 2. The average Bonchev–Trinajstić information content (AvgIpc) is 3.04. The Kier molecular flexibility index (Phi) is 3.59. The van der Waals surface area contributed by atoms with Crippen LogP contribution in [0.4, 0.5) is 0 Å². The first kappa shape index (κ1) is 13.6. The molecule has 6 nitrogen and oxygen atoms in total. The average molecular weight is 265 g/mol. The predicted octanol–water partition coefficient (Wildman–Crippen LogP) is 1.54. The molecular weight excluding hydrogens is 246 g/mol. The lowest BCUT2D eigenvalue weighted by Crippen LogP contribution is -2.44. The van der Waals surface area contributed by atoms with E-state index in [-0.39, 0.29) is 18.0 Å². The van der Waals surface area contributed by atoms with Crippen molar-refractivity contribution in [3.05, 3.63) is 18.0 Å². The third-order valence-electron chi connectivity index (χ3n) is 3.33. The highest BCUT2D eigenvalue weighted by atomic mass is 16.4. The summed E-state index contributed by atoms with van der Waals surface area (Å²) >= 11 is 0. The maximum atomic E-state index is 12.4. The minimum atomic E-state index is -0.975. The standard InChI is InChI=1S/C13H19N3O3/c1-8(2)15-7-10(6-14-15)12(17)16(11-4-5-11)9(3)13(18)19/h6-9,11H,4-5H2,1-3H3,(H,18,19). The van der Waals surface area contributed by atoms with Crippen molar-refractivity contribution >= 4 is 11.9 Å². The van der Waals surface area contributed by atoms with Crippen LogP contribution in [0, 0.1) is 0 Å². The number of rotatable bonds is 5. The van der Waals surface area contributed by atoms with Crippen LogP contribution in [0.5, 0.6) is 0 Å². The smallest absolute Gasteiger partial charge is 0.326 e. The highest BCUT2D eigenvalue weighted by Gasteiger charge is 2.39. The Bertz CT molecular complexity index is 491. The van der Waals surface area contributed by atoms with Gasteiger partial charge < -0.3 is 10.0 Å². The molecule has 1 saturated carbocycles. The molecule has 0 spiro atoms. The maximum Gasteiger partial charge on any atom is 0.326 e. The van der Waals surface area contributed by atoms with E-state index >= 15 is 0 Å². The number of carboxylic acid groups (broad SMARTS) is 1. The second kappa shape index (κ2) is 5.03. The first-order valence-corrected chi connectivity index (χ1v) is 6.51. The molecule has 0 aliphatic heterocycles. The van der Waals surface area contributed by atoms with Crippen molar-refractivity contribution in [1.82, 2.24) is 14.7 Å². The van der Waals surface area contributed by atoms with Crippen LogP contribution < -0.4 is 0 Å². The lowest BCUT2D eigenvalue weighted by atomic mass is 10.2. The van der Waals surface area contributed by atoms with Crippen molar-refractivity contribution in [1.29, 1.82) is 0 Å². The number of aliphatic carboxylic acids is 1. The summed E-state index contributed by atoms with van der Waals surface area (Å²) in [6.07, 6.45) is 4.94. The van der Waals surface area contributed by atoms with Crippen LogP contribution >= 0.6 is 0 Å². The van der Waals surface area contributed by atoms with Gasteiger partial charge in [0.25, 0.3) is 5.91 Å². The van der Waals surface area contributed by atoms with Crippen LogP contribution in [0.1, 0.15) is 50.0 Å². The summed E-state index contributed by atoms with van der Waals surface area (Å²) in [6.45, 7) is 5.49. The van der Waals surface area contributed by atoms with E-state index in [4.69, 9.17) is 5.11 Å². The summed E-state index contributed by atoms with van der Waals surface area (Å²) in [4.78, 5) is 25.0. The van der Waals surface area contributed by atoms with Gasteiger partial charge in [0.15, 0.2) is 0 Å². The monoisotopic (exact) mass is 265 g/mol. The van der Waals surface area contributed by atoms with E-state index < -0.39 is 12.0 Å². The molecule has 6 heteroatoms. The molecule has 1 N–H and O–H groups in total. The summed E-state index contributed by atoms with van der Waals surface area (Å²) in [5, 5.41) is 13.2. The second-order valence-corrected chi connectivity index (χ2v) is 5.26. The lowest BCUT2D eigenvalue weighted by molar-refractivity contribution is -0.141. The Balaban J connectivity index is 2.21. The summed E-state index contributed by atoms with van der Waals surface area (Å²) < 4.78 is 1.70. The Labute approximate surface area is 112 Å². The molecule has 1 aromatic heterocycles. The summed E-state index contributed by atoms with van der Waals surface area (Å²) in [5.74, 6) is -1.22. The lowest BCUT2D eigenvalue weighted by Gasteiger charge is -2.25. The summed E-state index contributed by atoms with van der Waals surface area (Å²) in [5.41, 5.74) is 0.452. The van der Waals surface area contributed by atoms with Gasteiger partial charge in [0.05, 0.1) is 11.8 Å². The minimum Gasteiger partial charge on any atom is -0.480 e. The van der Waals surface area contributed by atoms with E-state index in [0.717, 1.165) is 12.8 Å². The Morgan fingerprint density at radius 3 is 2.47 bits per heavy atom. The quantitative estimate of drug-likeness (QED) is 0.876. The van der Waals surface area contributed by atoms with Gasteiger partial charge in [0.2, 0.25) is 0 Å². The molecule has 19 heavy (non-hydrogen) atoms. The van der Waals surface area contributed by atoms with Crippen LogP contribution in [0.2, 0.25) is 0 Å². The van der Waals surface area contributed by atoms with Crippen LogP contribution in [-0.4, -0.2) is 43.7 Å². The first-order chi connectivity index (χ1) is 8.91. The summed E-state index contributed by atoms with van der Waals surface area (Å²) in [7, 11) is 0. The number of hydrogen-bond acceptors (Lipinski definition) is 3. The van der Waals surface area contributed by atoms with Crippen molar-refractivity contribution in [2.45, 2.75) is 51.7 Å². The van der Waals surface area contributed by atoms with Gasteiger partial charge in [0.1, 0.15) is 6.04 Å². The van der Waals surface area contributed by atoms with Gasteiger partial charge in [-0.3, -0.25) is 9.48 Å². The van der Waals surface area contributed by atoms with Gasteiger partial charge in [-0.05, 0) is 33.6 Å². The van der Waals surface area contributed by atoms with Crippen molar-refractivity contribution in [2.75, 3.05) is 0 Å². The highest BCUT2D eigenvalue weighted by molar-refractivity contribution is 5.96. The van der Waals surface area contributed by atoms with Crippen LogP contribution in [-0.2, 0) is 4.79 Å². The van der Waals surface area contributed by atoms with Gasteiger partial charge in [0, 0.05) is 18.3 Å².